The first-order valence-electron chi connectivity index (χ1n) is 8.24. The van der Waals surface area contributed by atoms with E-state index < -0.39 is 0 Å². The molecule has 21 heavy (non-hydrogen) atoms. The highest BCUT2D eigenvalue weighted by Gasteiger charge is 2.42. The van der Waals surface area contributed by atoms with Gasteiger partial charge in [-0.3, -0.25) is 9.59 Å². The summed E-state index contributed by atoms with van der Waals surface area (Å²) in [6.07, 6.45) is 5.55. The van der Waals surface area contributed by atoms with Crippen molar-refractivity contribution < 1.29 is 9.59 Å². The summed E-state index contributed by atoms with van der Waals surface area (Å²) in [4.78, 5) is 23.1. The topological polar surface area (TPSA) is 58.2 Å². The summed E-state index contributed by atoms with van der Waals surface area (Å²) >= 11 is 2.00. The van der Waals surface area contributed by atoms with Crippen molar-refractivity contribution in [3.63, 3.8) is 0 Å². The van der Waals surface area contributed by atoms with Crippen molar-refractivity contribution in [3.8, 4) is 0 Å². The first kappa shape index (κ1) is 16.7. The van der Waals surface area contributed by atoms with Crippen molar-refractivity contribution in [2.75, 3.05) is 12.3 Å². The van der Waals surface area contributed by atoms with E-state index in [4.69, 9.17) is 0 Å². The summed E-state index contributed by atoms with van der Waals surface area (Å²) in [5.41, 5.74) is 0. The van der Waals surface area contributed by atoms with E-state index in [1.807, 2.05) is 11.8 Å². The van der Waals surface area contributed by atoms with Gasteiger partial charge in [-0.15, -0.1) is 0 Å². The third-order valence-electron chi connectivity index (χ3n) is 4.39. The Morgan fingerprint density at radius 2 is 2.24 bits per heavy atom. The molecule has 0 spiro atoms. The van der Waals surface area contributed by atoms with Crippen LogP contribution in [0.5, 0.6) is 0 Å². The molecule has 2 rings (SSSR count). The lowest BCUT2D eigenvalue weighted by molar-refractivity contribution is -0.121. The number of thioether (sulfide) groups is 1. The van der Waals surface area contributed by atoms with Crippen molar-refractivity contribution in [2.45, 2.75) is 63.7 Å². The Labute approximate surface area is 132 Å². The summed E-state index contributed by atoms with van der Waals surface area (Å²) in [7, 11) is 0. The molecule has 2 heterocycles. The maximum absolute atomic E-state index is 11.7. The van der Waals surface area contributed by atoms with Gasteiger partial charge in [0.05, 0.1) is 0 Å². The lowest BCUT2D eigenvalue weighted by atomic mass is 9.97. The summed E-state index contributed by atoms with van der Waals surface area (Å²) in [5.74, 6) is 2.71. The second-order valence-corrected chi connectivity index (χ2v) is 7.98. The molecule has 2 saturated heterocycles. The Morgan fingerprint density at radius 1 is 1.43 bits per heavy atom. The van der Waals surface area contributed by atoms with Gasteiger partial charge < -0.3 is 10.6 Å². The predicted molar refractivity (Wildman–Crippen MR) is 87.2 cm³/mol. The number of rotatable bonds is 8. The van der Waals surface area contributed by atoms with E-state index in [-0.39, 0.29) is 11.8 Å². The number of nitrogens with one attached hydrogen (secondary N) is 2. The smallest absolute Gasteiger partial charge is 0.220 e. The largest absolute Gasteiger partial charge is 0.356 e. The zero-order valence-corrected chi connectivity index (χ0v) is 14.0. The zero-order chi connectivity index (χ0) is 15.2. The number of hydrogen-bond donors (Lipinski definition) is 2. The maximum Gasteiger partial charge on any atom is 0.220 e. The molecule has 5 heteroatoms. The van der Waals surface area contributed by atoms with Gasteiger partial charge in [0.15, 0.2) is 0 Å². The number of hydrogen-bond acceptors (Lipinski definition) is 3. The van der Waals surface area contributed by atoms with E-state index >= 15 is 0 Å². The fraction of sp³-hybridized carbons (Fsp3) is 0.875. The minimum atomic E-state index is 0.182. The van der Waals surface area contributed by atoms with Crippen molar-refractivity contribution in [1.29, 1.82) is 0 Å². The van der Waals surface area contributed by atoms with Gasteiger partial charge in [-0.05, 0) is 36.9 Å². The average molecular weight is 312 g/mol. The van der Waals surface area contributed by atoms with E-state index in [2.05, 4.69) is 24.5 Å². The molecule has 0 radical (unpaired) electrons. The maximum atomic E-state index is 11.7. The molecule has 2 aliphatic rings. The molecule has 0 aromatic heterocycles. The van der Waals surface area contributed by atoms with Crippen LogP contribution in [0.4, 0.5) is 0 Å². The lowest BCUT2D eigenvalue weighted by Gasteiger charge is -2.17. The van der Waals surface area contributed by atoms with Gasteiger partial charge in [-0.25, -0.2) is 0 Å². The zero-order valence-electron chi connectivity index (χ0n) is 13.2. The Morgan fingerprint density at radius 3 is 3.00 bits per heavy atom. The Balaban J connectivity index is 1.54. The monoisotopic (exact) mass is 312 g/mol. The summed E-state index contributed by atoms with van der Waals surface area (Å²) in [6, 6.07) is 0.391. The molecule has 0 aliphatic carbocycles. The van der Waals surface area contributed by atoms with Gasteiger partial charge in [-0.2, -0.15) is 11.8 Å². The minimum absolute atomic E-state index is 0.182. The number of unbranched alkanes of at least 4 members (excludes halogenated alkanes) is 1. The first-order chi connectivity index (χ1) is 10.1. The highest BCUT2D eigenvalue weighted by Crippen LogP contribution is 2.39. The molecule has 120 valence electrons. The second kappa shape index (κ2) is 8.06. The fourth-order valence-corrected chi connectivity index (χ4v) is 4.77. The summed E-state index contributed by atoms with van der Waals surface area (Å²) < 4.78 is 0. The van der Waals surface area contributed by atoms with Crippen molar-refractivity contribution in [3.05, 3.63) is 0 Å². The number of carbonyl (C=O) groups excluding carboxylic acids is 2. The third-order valence-corrected chi connectivity index (χ3v) is 5.97. The van der Waals surface area contributed by atoms with Gasteiger partial charge in [-0.1, -0.05) is 20.3 Å². The number of amides is 2. The molecule has 2 N–H and O–H groups in total. The van der Waals surface area contributed by atoms with Crippen LogP contribution >= 0.6 is 11.8 Å². The minimum Gasteiger partial charge on any atom is -0.356 e. The molecular weight excluding hydrogens is 284 g/mol. The fourth-order valence-electron chi connectivity index (χ4n) is 3.12. The van der Waals surface area contributed by atoms with Gasteiger partial charge in [0.2, 0.25) is 11.8 Å². The molecule has 2 amide bonds. The number of carbonyl (C=O) groups is 2. The van der Waals surface area contributed by atoms with Crippen LogP contribution in [0.2, 0.25) is 0 Å². The Bertz CT molecular complexity index is 373. The highest BCUT2D eigenvalue weighted by atomic mass is 32.2. The SMILES string of the molecule is CC(C)CCNC(=O)CCCC[C@@H]1SC[C@@H]2CC(=O)N[C@@H]21. The van der Waals surface area contributed by atoms with Crippen LogP contribution < -0.4 is 10.6 Å². The molecule has 2 aliphatic heterocycles. The Kier molecular flexibility index (Phi) is 6.40. The molecular formula is C16H28N2O2S. The van der Waals surface area contributed by atoms with Crippen LogP contribution in [0, 0.1) is 11.8 Å². The van der Waals surface area contributed by atoms with Crippen LogP contribution in [-0.4, -0.2) is 35.4 Å². The van der Waals surface area contributed by atoms with Crippen LogP contribution in [0.1, 0.15) is 52.4 Å². The highest BCUT2D eigenvalue weighted by molar-refractivity contribution is 8.00. The molecule has 2 fully saturated rings. The average Bonchev–Trinajstić information content (AvgIpc) is 2.94. The predicted octanol–water partition coefficient (Wildman–Crippen LogP) is 2.33. The summed E-state index contributed by atoms with van der Waals surface area (Å²) in [5, 5.41) is 6.66. The van der Waals surface area contributed by atoms with Crippen molar-refractivity contribution in [1.82, 2.24) is 10.6 Å². The van der Waals surface area contributed by atoms with Crippen LogP contribution in [0.3, 0.4) is 0 Å². The summed E-state index contributed by atoms with van der Waals surface area (Å²) in [6.45, 7) is 5.13. The van der Waals surface area contributed by atoms with E-state index in [9.17, 15) is 9.59 Å². The molecule has 0 saturated carbocycles. The Hall–Kier alpha value is -0.710. The quantitative estimate of drug-likeness (QED) is 0.676. The standard InChI is InChI=1S/C16H28N2O2S/c1-11(2)7-8-17-14(19)6-4-3-5-13-16-12(10-21-13)9-15(20)18-16/h11-13,16H,3-10H2,1-2H3,(H,17,19)(H,18,20)/t12-,13-,16-/m0/s1. The van der Waals surface area contributed by atoms with Gasteiger partial charge >= 0.3 is 0 Å². The van der Waals surface area contributed by atoms with Crippen molar-refractivity contribution >= 4 is 23.6 Å². The normalized spacial score (nSPS) is 27.8. The van der Waals surface area contributed by atoms with Crippen LogP contribution in [0.15, 0.2) is 0 Å². The van der Waals surface area contributed by atoms with E-state index in [1.54, 1.807) is 0 Å². The van der Waals surface area contributed by atoms with Gasteiger partial charge in [0.1, 0.15) is 0 Å². The van der Waals surface area contributed by atoms with Crippen molar-refractivity contribution in [2.24, 2.45) is 11.8 Å². The molecule has 0 bridgehead atoms. The van der Waals surface area contributed by atoms with Crippen LogP contribution in [0.25, 0.3) is 0 Å². The van der Waals surface area contributed by atoms with E-state index in [1.165, 1.54) is 0 Å². The molecule has 0 unspecified atom stereocenters. The first-order valence-corrected chi connectivity index (χ1v) is 9.29. The molecule has 0 aromatic carbocycles. The lowest BCUT2D eigenvalue weighted by Crippen LogP contribution is -2.34. The molecule has 0 aromatic rings. The van der Waals surface area contributed by atoms with Gasteiger partial charge in [0, 0.05) is 30.7 Å². The van der Waals surface area contributed by atoms with Gasteiger partial charge in [0.25, 0.3) is 0 Å². The van der Waals surface area contributed by atoms with E-state index in [0.29, 0.717) is 36.0 Å². The molecule has 4 nitrogen and oxygen atoms in total. The molecule has 3 atom stereocenters. The van der Waals surface area contributed by atoms with Crippen LogP contribution in [-0.2, 0) is 9.59 Å². The third kappa shape index (κ3) is 5.20. The van der Waals surface area contributed by atoms with E-state index in [0.717, 1.165) is 38.0 Å². The number of fused-ring (bicyclic) bond motifs is 1. The second-order valence-electron chi connectivity index (χ2n) is 6.71.